The van der Waals surface area contributed by atoms with Crippen molar-refractivity contribution in [3.8, 4) is 0 Å². The van der Waals surface area contributed by atoms with Crippen molar-refractivity contribution in [3.05, 3.63) is 0 Å². The molecule has 1 unspecified atom stereocenters. The lowest BCUT2D eigenvalue weighted by Gasteiger charge is -2.38. The summed E-state index contributed by atoms with van der Waals surface area (Å²) in [5.41, 5.74) is 0. The number of hydrogen-bond acceptors (Lipinski definition) is 6. The molecule has 6 heteroatoms. The van der Waals surface area contributed by atoms with Crippen molar-refractivity contribution in [2.24, 2.45) is 4.99 Å². The van der Waals surface area contributed by atoms with E-state index >= 15 is 0 Å². The first-order chi connectivity index (χ1) is 6.61. The highest BCUT2D eigenvalue weighted by atomic mass is 16.6. The summed E-state index contributed by atoms with van der Waals surface area (Å²) < 4.78 is 4.87. The fourth-order valence-electron chi connectivity index (χ4n) is 1.42. The number of ether oxygens (including phenoxy) is 1. The number of aliphatic hydroxyl groups excluding tert-OH is 4. The Morgan fingerprint density at radius 3 is 2.43 bits per heavy atom. The van der Waals surface area contributed by atoms with Gasteiger partial charge in [0, 0.05) is 0 Å². The predicted octanol–water partition coefficient (Wildman–Crippen LogP) is -2.12. The van der Waals surface area contributed by atoms with Crippen LogP contribution in [0.2, 0.25) is 0 Å². The molecule has 0 bridgehead atoms. The van der Waals surface area contributed by atoms with E-state index in [1.165, 1.54) is 6.21 Å². The molecule has 0 aromatic carbocycles. The molecule has 6 nitrogen and oxygen atoms in total. The molecular formula is C8H15NO5. The zero-order chi connectivity index (χ0) is 10.7. The van der Waals surface area contributed by atoms with Crippen LogP contribution >= 0.6 is 0 Å². The molecule has 0 aromatic rings. The van der Waals surface area contributed by atoms with E-state index in [4.69, 9.17) is 9.84 Å². The molecule has 0 spiro atoms. The van der Waals surface area contributed by atoms with Crippen molar-refractivity contribution < 1.29 is 25.2 Å². The molecule has 4 N–H and O–H groups in total. The molecule has 5 atom stereocenters. The zero-order valence-electron chi connectivity index (χ0n) is 7.82. The summed E-state index contributed by atoms with van der Waals surface area (Å²) in [7, 11) is 0. The van der Waals surface area contributed by atoms with Gasteiger partial charge in [0.15, 0.2) is 6.29 Å². The molecule has 1 aliphatic heterocycles. The van der Waals surface area contributed by atoms with Crippen LogP contribution in [0, 0.1) is 0 Å². The van der Waals surface area contributed by atoms with Crippen LogP contribution in [0.4, 0.5) is 0 Å². The predicted molar refractivity (Wildman–Crippen MR) is 47.9 cm³/mol. The second kappa shape index (κ2) is 4.81. The van der Waals surface area contributed by atoms with Crippen molar-refractivity contribution in [1.82, 2.24) is 0 Å². The number of hydrogen-bond donors (Lipinski definition) is 4. The molecule has 1 heterocycles. The van der Waals surface area contributed by atoms with E-state index in [0.717, 1.165) is 0 Å². The lowest BCUT2D eigenvalue weighted by Crippen LogP contribution is -2.57. The van der Waals surface area contributed by atoms with E-state index < -0.39 is 37.3 Å². The van der Waals surface area contributed by atoms with E-state index in [-0.39, 0.29) is 0 Å². The van der Waals surface area contributed by atoms with Gasteiger partial charge in [0.25, 0.3) is 0 Å². The van der Waals surface area contributed by atoms with Crippen LogP contribution in [0.3, 0.4) is 0 Å². The summed E-state index contributed by atoms with van der Waals surface area (Å²) in [6, 6.07) is -0.905. The smallest absolute Gasteiger partial charge is 0.180 e. The molecule has 14 heavy (non-hydrogen) atoms. The molecule has 0 aromatic heterocycles. The van der Waals surface area contributed by atoms with Crippen LogP contribution in [0.15, 0.2) is 4.99 Å². The summed E-state index contributed by atoms with van der Waals surface area (Å²) in [5, 5.41) is 37.1. The Bertz CT molecular complexity index is 210. The highest BCUT2D eigenvalue weighted by Gasteiger charge is 2.43. The monoisotopic (exact) mass is 205 g/mol. The van der Waals surface area contributed by atoms with Gasteiger partial charge in [-0.3, -0.25) is 4.99 Å². The van der Waals surface area contributed by atoms with Gasteiger partial charge >= 0.3 is 0 Å². The maximum atomic E-state index is 9.53. The van der Waals surface area contributed by atoms with Crippen molar-refractivity contribution in [2.75, 3.05) is 6.61 Å². The van der Waals surface area contributed by atoms with Gasteiger partial charge in [-0.15, -0.1) is 0 Å². The van der Waals surface area contributed by atoms with Crippen LogP contribution in [-0.2, 0) is 4.74 Å². The summed E-state index contributed by atoms with van der Waals surface area (Å²) in [4.78, 5) is 3.77. The number of rotatable bonds is 2. The van der Waals surface area contributed by atoms with Gasteiger partial charge in [0.2, 0.25) is 0 Å². The minimum Gasteiger partial charge on any atom is -0.394 e. The molecule has 0 radical (unpaired) electrons. The average Bonchev–Trinajstić information content (AvgIpc) is 2.18. The Hall–Kier alpha value is -0.530. The first-order valence-electron chi connectivity index (χ1n) is 4.40. The van der Waals surface area contributed by atoms with Gasteiger partial charge in [-0.05, 0) is 13.1 Å². The van der Waals surface area contributed by atoms with Gasteiger partial charge in [-0.1, -0.05) is 0 Å². The van der Waals surface area contributed by atoms with Crippen LogP contribution < -0.4 is 0 Å². The highest BCUT2D eigenvalue weighted by molar-refractivity contribution is 5.53. The molecular weight excluding hydrogens is 190 g/mol. The minimum atomic E-state index is -1.30. The van der Waals surface area contributed by atoms with Crippen LogP contribution in [-0.4, -0.2) is 63.9 Å². The van der Waals surface area contributed by atoms with Crippen molar-refractivity contribution in [2.45, 2.75) is 37.6 Å². The fraction of sp³-hybridized carbons (Fsp3) is 0.875. The van der Waals surface area contributed by atoms with Gasteiger partial charge in [-0.25, -0.2) is 0 Å². The maximum Gasteiger partial charge on any atom is 0.180 e. The lowest BCUT2D eigenvalue weighted by atomic mass is 9.98. The average molecular weight is 205 g/mol. The Labute approximate surface area is 81.5 Å². The number of aliphatic imine (C=N–C) groups is 1. The largest absolute Gasteiger partial charge is 0.394 e. The lowest BCUT2D eigenvalue weighted by molar-refractivity contribution is -0.248. The van der Waals surface area contributed by atoms with Gasteiger partial charge in [-0.2, -0.15) is 0 Å². The van der Waals surface area contributed by atoms with Crippen molar-refractivity contribution in [3.63, 3.8) is 0 Å². The Morgan fingerprint density at radius 2 is 1.93 bits per heavy atom. The molecule has 1 fully saturated rings. The van der Waals surface area contributed by atoms with Crippen LogP contribution in [0.5, 0.6) is 0 Å². The zero-order valence-corrected chi connectivity index (χ0v) is 7.82. The van der Waals surface area contributed by atoms with E-state index in [9.17, 15) is 15.3 Å². The van der Waals surface area contributed by atoms with Crippen LogP contribution in [0.25, 0.3) is 0 Å². The second-order valence-electron chi connectivity index (χ2n) is 3.13. The first-order valence-corrected chi connectivity index (χ1v) is 4.40. The quantitative estimate of drug-likeness (QED) is 0.386. The summed E-state index contributed by atoms with van der Waals surface area (Å²) >= 11 is 0. The van der Waals surface area contributed by atoms with E-state index in [0.29, 0.717) is 0 Å². The minimum absolute atomic E-state index is 0.460. The van der Waals surface area contributed by atoms with E-state index in [1.54, 1.807) is 6.92 Å². The molecule has 0 saturated carbocycles. The maximum absolute atomic E-state index is 9.53. The highest BCUT2D eigenvalue weighted by Crippen LogP contribution is 2.21. The Balaban J connectivity index is 2.73. The topological polar surface area (TPSA) is 103 Å². The van der Waals surface area contributed by atoms with Crippen molar-refractivity contribution >= 4 is 6.21 Å². The molecule has 0 amide bonds. The third-order valence-corrected chi connectivity index (χ3v) is 2.19. The van der Waals surface area contributed by atoms with Gasteiger partial charge < -0.3 is 25.2 Å². The van der Waals surface area contributed by atoms with Gasteiger partial charge in [0.1, 0.15) is 24.4 Å². The standard InChI is InChI=1S/C8H15NO5/c1-2-9-5-7(12)6(11)4(3-10)14-8(5)13/h2,4-8,10-13H,3H2,1H3/t4-,5+,6-,7-,8?/m1/s1. The normalized spacial score (nSPS) is 44.5. The molecule has 82 valence electrons. The van der Waals surface area contributed by atoms with Gasteiger partial charge in [0.05, 0.1) is 6.61 Å². The Morgan fingerprint density at radius 1 is 1.29 bits per heavy atom. The first kappa shape index (κ1) is 11.5. The third-order valence-electron chi connectivity index (χ3n) is 2.19. The molecule has 0 aliphatic carbocycles. The SMILES string of the molecule is CC=N[C@@H]1C(O)O[C@H](CO)[C@@H](O)[C@@H]1O. The number of nitrogens with zero attached hydrogens (tertiary/aromatic N) is 1. The Kier molecular flexibility index (Phi) is 3.97. The van der Waals surface area contributed by atoms with Crippen molar-refractivity contribution in [1.29, 1.82) is 0 Å². The summed E-state index contributed by atoms with van der Waals surface area (Å²) in [6.45, 7) is 1.17. The van der Waals surface area contributed by atoms with E-state index in [2.05, 4.69) is 4.99 Å². The summed E-state index contributed by atoms with van der Waals surface area (Å²) in [5.74, 6) is 0. The molecule has 1 rings (SSSR count). The third kappa shape index (κ3) is 2.10. The molecule has 1 saturated heterocycles. The van der Waals surface area contributed by atoms with E-state index in [1.807, 2.05) is 0 Å². The molecule has 1 aliphatic rings. The van der Waals surface area contributed by atoms with Crippen LogP contribution in [0.1, 0.15) is 6.92 Å². The second-order valence-corrected chi connectivity index (χ2v) is 3.13. The number of aliphatic hydroxyl groups is 4. The summed E-state index contributed by atoms with van der Waals surface area (Å²) in [6.07, 6.45) is -3.33. The fourth-order valence-corrected chi connectivity index (χ4v) is 1.42.